The van der Waals surface area contributed by atoms with Crippen LogP contribution in [0, 0.1) is 0 Å². The first kappa shape index (κ1) is 35.1. The van der Waals surface area contributed by atoms with E-state index in [-0.39, 0.29) is 5.25 Å². The summed E-state index contributed by atoms with van der Waals surface area (Å²) in [5.74, 6) is 0.646. The van der Waals surface area contributed by atoms with Gasteiger partial charge >= 0.3 is 5.97 Å². The molecule has 4 aliphatic heterocycles. The van der Waals surface area contributed by atoms with E-state index in [1.165, 1.54) is 61.4 Å². The van der Waals surface area contributed by atoms with E-state index >= 15 is 0 Å². The van der Waals surface area contributed by atoms with Crippen LogP contribution in [-0.4, -0.2) is 85.2 Å². The Morgan fingerprint density at radius 3 is 2.32 bits per heavy atom. The largest absolute Gasteiger partial charge is 0.616 e. The number of benzene rings is 2. The molecule has 2 saturated heterocycles. The molecule has 2 unspecified atom stereocenters. The minimum absolute atomic E-state index is 0.191. The van der Waals surface area contributed by atoms with Gasteiger partial charge in [0.2, 0.25) is 6.79 Å². The smallest absolute Gasteiger partial charge is 0.330 e. The molecule has 10 nitrogen and oxygen atoms in total. The summed E-state index contributed by atoms with van der Waals surface area (Å²) in [4.78, 5) is 52.6. The van der Waals surface area contributed by atoms with Crippen LogP contribution < -0.4 is 9.47 Å². The number of esters is 1. The summed E-state index contributed by atoms with van der Waals surface area (Å²) < 4.78 is 27.3. The zero-order valence-electron chi connectivity index (χ0n) is 27.7. The maximum atomic E-state index is 12.7. The number of amides is 3. The lowest BCUT2D eigenvalue weighted by Crippen LogP contribution is -2.71. The molecule has 254 valence electrons. The number of hydrogen-bond donors (Lipinski definition) is 0. The van der Waals surface area contributed by atoms with Crippen molar-refractivity contribution in [2.24, 2.45) is 0 Å². The fourth-order valence-corrected chi connectivity index (χ4v) is 9.44. The number of imide groups is 1. The van der Waals surface area contributed by atoms with E-state index in [1.54, 1.807) is 24.3 Å². The van der Waals surface area contributed by atoms with E-state index in [9.17, 15) is 23.7 Å². The third-order valence-corrected chi connectivity index (χ3v) is 12.4. The molecule has 47 heavy (non-hydrogen) atoms. The van der Waals surface area contributed by atoms with Crippen molar-refractivity contribution in [3.05, 3.63) is 59.2 Å². The van der Waals surface area contributed by atoms with Gasteiger partial charge in [0.25, 0.3) is 17.7 Å². The summed E-state index contributed by atoms with van der Waals surface area (Å²) in [5.41, 5.74) is 1.80. The van der Waals surface area contributed by atoms with Gasteiger partial charge in [0.05, 0.1) is 18.2 Å². The van der Waals surface area contributed by atoms with Crippen LogP contribution in [0.5, 0.6) is 11.5 Å². The molecule has 4 heterocycles. The van der Waals surface area contributed by atoms with E-state index in [0.717, 1.165) is 35.0 Å². The van der Waals surface area contributed by atoms with E-state index in [0.29, 0.717) is 17.9 Å². The maximum absolute atomic E-state index is 12.7. The second kappa shape index (κ2) is 14.9. The number of β-lactam (4-membered cyclic amide) rings is 1. The van der Waals surface area contributed by atoms with Crippen LogP contribution in [0.2, 0.25) is 0 Å². The first-order valence-corrected chi connectivity index (χ1v) is 18.6. The van der Waals surface area contributed by atoms with Gasteiger partial charge < -0.3 is 23.7 Å². The van der Waals surface area contributed by atoms with Crippen LogP contribution in [0.25, 0.3) is 0 Å². The van der Waals surface area contributed by atoms with Crippen molar-refractivity contribution in [3.63, 3.8) is 0 Å². The third-order valence-electron chi connectivity index (χ3n) is 9.05. The van der Waals surface area contributed by atoms with E-state index in [2.05, 4.69) is 13.8 Å². The Hall–Kier alpha value is -3.22. The van der Waals surface area contributed by atoms with Gasteiger partial charge in [-0.05, 0) is 63.4 Å². The molecule has 2 fully saturated rings. The average molecular weight is 685 g/mol. The Bertz CT molecular complexity index is 1460. The van der Waals surface area contributed by atoms with Gasteiger partial charge in [-0.25, -0.2) is 4.79 Å². The normalized spacial score (nSPS) is 23.0. The van der Waals surface area contributed by atoms with Crippen molar-refractivity contribution in [2.75, 3.05) is 19.7 Å². The van der Waals surface area contributed by atoms with Gasteiger partial charge in [-0.2, -0.15) is 0 Å². The number of carbonyl (C=O) groups is 4. The highest BCUT2D eigenvalue weighted by Crippen LogP contribution is 2.53. The molecule has 2 aromatic rings. The molecule has 12 heteroatoms. The summed E-state index contributed by atoms with van der Waals surface area (Å²) in [7, 11) is 1.28. The predicted molar refractivity (Wildman–Crippen MR) is 181 cm³/mol. The Kier molecular flexibility index (Phi) is 11.1. The van der Waals surface area contributed by atoms with Crippen molar-refractivity contribution in [2.45, 2.75) is 100 Å². The van der Waals surface area contributed by atoms with Crippen molar-refractivity contribution in [1.29, 1.82) is 0 Å². The summed E-state index contributed by atoms with van der Waals surface area (Å²) in [5, 5.41) is -0.246. The van der Waals surface area contributed by atoms with E-state index in [1.807, 2.05) is 32.0 Å². The Labute approximate surface area is 284 Å². The highest BCUT2D eigenvalue weighted by molar-refractivity contribution is 8.01. The zero-order chi connectivity index (χ0) is 33.9. The van der Waals surface area contributed by atoms with Crippen molar-refractivity contribution in [1.82, 2.24) is 9.80 Å². The third kappa shape index (κ3) is 7.15. The SMILES string of the molecule is CCCCCCCC[S+]([O-])C(C)Cc1ccc2c(c1)OCO2.COC(=O)[C@@H]1N2C(=O)[C@@H](N3C(=O)c4ccccc4C3=O)[C@H]2SC1(C)C. The van der Waals surface area contributed by atoms with Crippen LogP contribution in [0.1, 0.15) is 92.5 Å². The number of rotatable bonds is 12. The number of methoxy groups -OCH3 is 1. The number of nitrogens with zero attached hydrogens (tertiary/aromatic N) is 2. The fourth-order valence-electron chi connectivity index (χ4n) is 6.50. The highest BCUT2D eigenvalue weighted by atomic mass is 32.2. The summed E-state index contributed by atoms with van der Waals surface area (Å²) in [6, 6.07) is 10.9. The second-order valence-corrected chi connectivity index (χ2v) is 16.6. The first-order chi connectivity index (χ1) is 22.5. The number of carbonyl (C=O) groups excluding carboxylic acids is 4. The quantitative estimate of drug-likeness (QED) is 0.0958. The van der Waals surface area contributed by atoms with Crippen LogP contribution >= 0.6 is 11.8 Å². The van der Waals surface area contributed by atoms with Crippen molar-refractivity contribution >= 4 is 46.6 Å². The van der Waals surface area contributed by atoms with Crippen LogP contribution in [0.15, 0.2) is 42.5 Å². The van der Waals surface area contributed by atoms with Crippen LogP contribution in [0.4, 0.5) is 0 Å². The van der Waals surface area contributed by atoms with Crippen LogP contribution in [0.3, 0.4) is 0 Å². The molecule has 0 saturated carbocycles. The number of fused-ring (bicyclic) bond motifs is 3. The van der Waals surface area contributed by atoms with Crippen molar-refractivity contribution < 1.29 is 37.9 Å². The van der Waals surface area contributed by atoms with Gasteiger partial charge in [-0.15, -0.1) is 11.8 Å². The Balaban J connectivity index is 0.000000186. The van der Waals surface area contributed by atoms with E-state index < -0.39 is 57.1 Å². The molecular formula is C35H44N2O8S2. The molecule has 0 bridgehead atoms. The van der Waals surface area contributed by atoms with Gasteiger partial charge in [0.15, 0.2) is 11.5 Å². The molecule has 5 atom stereocenters. The van der Waals surface area contributed by atoms with Gasteiger partial charge in [0, 0.05) is 11.2 Å². The molecular weight excluding hydrogens is 641 g/mol. The lowest BCUT2D eigenvalue weighted by atomic mass is 9.95. The lowest BCUT2D eigenvalue weighted by molar-refractivity contribution is -0.164. The number of unbranched alkanes of at least 4 members (excludes halogenated alkanes) is 5. The molecule has 4 aliphatic rings. The first-order valence-electron chi connectivity index (χ1n) is 16.3. The fraction of sp³-hybridized carbons (Fsp3) is 0.543. The maximum Gasteiger partial charge on any atom is 0.330 e. The van der Waals surface area contributed by atoms with Crippen LogP contribution in [-0.2, 0) is 31.9 Å². The summed E-state index contributed by atoms with van der Waals surface area (Å²) in [6.45, 7) is 8.32. The Morgan fingerprint density at radius 2 is 1.66 bits per heavy atom. The standard InChI is InChI=1S/C18H28O3S.C17H16N2O5S/c1-3-4-5-6-7-8-11-22(19)15(2)12-16-9-10-17-18(13-16)21-14-20-17;1-17(2)11(16(23)24-3)19-14(22)10(15(19)25-17)18-12(20)8-6-4-5-7-9(8)13(18)21/h9-10,13,15H,3-8,11-12,14H2,1-2H3;4-7,10-11,15H,1-3H3/t;10-,11+,15-/m.1/s1. The molecule has 0 radical (unpaired) electrons. The zero-order valence-corrected chi connectivity index (χ0v) is 29.3. The molecule has 6 rings (SSSR count). The molecule has 3 amide bonds. The second-order valence-electron chi connectivity index (χ2n) is 12.8. The van der Waals surface area contributed by atoms with E-state index in [4.69, 9.17) is 14.2 Å². The molecule has 0 aliphatic carbocycles. The topological polar surface area (TPSA) is 126 Å². The number of thioether (sulfide) groups is 1. The average Bonchev–Trinajstić information content (AvgIpc) is 3.70. The minimum Gasteiger partial charge on any atom is -0.616 e. The minimum atomic E-state index is -0.883. The summed E-state index contributed by atoms with van der Waals surface area (Å²) >= 11 is 0.666. The molecule has 0 aromatic heterocycles. The molecule has 0 spiro atoms. The molecule has 0 N–H and O–H groups in total. The summed E-state index contributed by atoms with van der Waals surface area (Å²) in [6.07, 6.45) is 8.32. The number of ether oxygens (including phenoxy) is 3. The predicted octanol–water partition coefficient (Wildman–Crippen LogP) is 5.34. The highest BCUT2D eigenvalue weighted by Gasteiger charge is 2.67. The monoisotopic (exact) mass is 684 g/mol. The van der Waals surface area contributed by atoms with Crippen molar-refractivity contribution in [3.8, 4) is 11.5 Å². The Morgan fingerprint density at radius 1 is 1.02 bits per heavy atom. The number of hydrogen-bond acceptors (Lipinski definition) is 9. The van der Waals surface area contributed by atoms with Gasteiger partial charge in [-0.3, -0.25) is 19.3 Å². The van der Waals surface area contributed by atoms with Gasteiger partial charge in [-0.1, -0.05) is 62.0 Å². The van der Waals surface area contributed by atoms with Gasteiger partial charge in [0.1, 0.15) is 28.5 Å². The lowest BCUT2D eigenvalue weighted by Gasteiger charge is -2.46. The molecule has 2 aromatic carbocycles.